The molecule has 19 heavy (non-hydrogen) atoms. The van der Waals surface area contributed by atoms with E-state index in [1.54, 1.807) is 11.3 Å². The molecular weight excluding hydrogens is 369 g/mol. The van der Waals surface area contributed by atoms with Gasteiger partial charge in [0.1, 0.15) is 5.82 Å². The van der Waals surface area contributed by atoms with Gasteiger partial charge in [-0.2, -0.15) is 0 Å². The summed E-state index contributed by atoms with van der Waals surface area (Å²) in [6.07, 6.45) is 2.10. The maximum Gasteiger partial charge on any atom is 0.172 e. The highest BCUT2D eigenvalue weighted by Crippen LogP contribution is 2.30. The van der Waals surface area contributed by atoms with Gasteiger partial charge in [-0.15, -0.1) is 11.3 Å². The molecule has 0 fully saturated rings. The first-order valence-corrected chi connectivity index (χ1v) is 8.47. The second-order valence-corrected chi connectivity index (χ2v) is 6.36. The van der Waals surface area contributed by atoms with Crippen molar-refractivity contribution >= 4 is 39.7 Å². The number of thiophene rings is 1. The van der Waals surface area contributed by atoms with Crippen molar-refractivity contribution < 1.29 is 0 Å². The van der Waals surface area contributed by atoms with Crippen molar-refractivity contribution in [2.24, 2.45) is 0 Å². The van der Waals surface area contributed by atoms with Gasteiger partial charge >= 0.3 is 0 Å². The molecule has 0 bridgehead atoms. The van der Waals surface area contributed by atoms with Crippen LogP contribution in [-0.2, 0) is 6.42 Å². The van der Waals surface area contributed by atoms with Gasteiger partial charge in [0.15, 0.2) is 5.82 Å². The van der Waals surface area contributed by atoms with Crippen molar-refractivity contribution in [1.82, 2.24) is 9.97 Å². The molecule has 0 spiro atoms. The van der Waals surface area contributed by atoms with E-state index in [0.717, 1.165) is 40.3 Å². The number of hydrogen-bond donors (Lipinski definition) is 1. The second kappa shape index (κ2) is 6.65. The maximum absolute atomic E-state index is 4.76. The van der Waals surface area contributed by atoms with Crippen LogP contribution in [0.1, 0.15) is 31.5 Å². The zero-order valence-corrected chi connectivity index (χ0v) is 14.4. The lowest BCUT2D eigenvalue weighted by atomic mass is 10.2. The monoisotopic (exact) mass is 387 g/mol. The molecule has 102 valence electrons. The molecule has 0 amide bonds. The number of nitrogens with one attached hydrogen (secondary N) is 1. The van der Waals surface area contributed by atoms with Crippen LogP contribution in [0.25, 0.3) is 10.7 Å². The molecule has 2 rings (SSSR count). The molecule has 2 aromatic rings. The Morgan fingerprint density at radius 1 is 1.32 bits per heavy atom. The molecule has 0 aliphatic carbocycles. The van der Waals surface area contributed by atoms with E-state index in [1.165, 1.54) is 10.4 Å². The summed E-state index contributed by atoms with van der Waals surface area (Å²) in [4.78, 5) is 10.6. The van der Waals surface area contributed by atoms with E-state index in [-0.39, 0.29) is 0 Å². The minimum absolute atomic E-state index is 0.854. The minimum Gasteiger partial charge on any atom is -0.369 e. The third-order valence-electron chi connectivity index (χ3n) is 2.82. The summed E-state index contributed by atoms with van der Waals surface area (Å²) in [6, 6.07) is 2.12. The molecule has 1 N–H and O–H groups in total. The van der Waals surface area contributed by atoms with E-state index < -0.39 is 0 Å². The van der Waals surface area contributed by atoms with Crippen LogP contribution in [0.4, 0.5) is 5.82 Å². The maximum atomic E-state index is 4.76. The van der Waals surface area contributed by atoms with E-state index in [0.29, 0.717) is 0 Å². The van der Waals surface area contributed by atoms with Crippen LogP contribution in [0.3, 0.4) is 0 Å². The molecule has 0 aliphatic rings. The van der Waals surface area contributed by atoms with Crippen molar-refractivity contribution in [2.45, 2.75) is 33.6 Å². The van der Waals surface area contributed by atoms with Gasteiger partial charge in [0.05, 0.1) is 14.1 Å². The van der Waals surface area contributed by atoms with Crippen LogP contribution in [0.5, 0.6) is 0 Å². The van der Waals surface area contributed by atoms with Crippen molar-refractivity contribution in [1.29, 1.82) is 0 Å². The molecule has 3 nitrogen and oxygen atoms in total. The van der Waals surface area contributed by atoms with Crippen molar-refractivity contribution in [3.05, 3.63) is 26.3 Å². The van der Waals surface area contributed by atoms with Crippen LogP contribution in [0.15, 0.2) is 11.4 Å². The van der Waals surface area contributed by atoms with Gasteiger partial charge < -0.3 is 5.32 Å². The van der Waals surface area contributed by atoms with Crippen molar-refractivity contribution in [2.75, 3.05) is 11.9 Å². The highest BCUT2D eigenvalue weighted by molar-refractivity contribution is 14.1. The average Bonchev–Trinajstić information content (AvgIpc) is 2.81. The smallest absolute Gasteiger partial charge is 0.172 e. The van der Waals surface area contributed by atoms with E-state index >= 15 is 0 Å². The largest absolute Gasteiger partial charge is 0.369 e. The number of hydrogen-bond acceptors (Lipinski definition) is 4. The number of anilines is 1. The Bertz CT molecular complexity index is 539. The summed E-state index contributed by atoms with van der Waals surface area (Å²) >= 11 is 4.05. The van der Waals surface area contributed by atoms with Gasteiger partial charge in [-0.3, -0.25) is 0 Å². The number of rotatable bonds is 5. The van der Waals surface area contributed by atoms with Crippen LogP contribution >= 0.6 is 33.9 Å². The molecule has 0 saturated carbocycles. The number of halogens is 1. The third-order valence-corrected chi connectivity index (χ3v) is 4.96. The summed E-state index contributed by atoms with van der Waals surface area (Å²) < 4.78 is 1.15. The molecule has 0 unspecified atom stereocenters. The topological polar surface area (TPSA) is 37.8 Å². The van der Waals surface area contributed by atoms with Gasteiger partial charge in [-0.1, -0.05) is 13.3 Å². The molecule has 0 aliphatic heterocycles. The lowest BCUT2D eigenvalue weighted by Crippen LogP contribution is -2.08. The minimum atomic E-state index is 0.854. The lowest BCUT2D eigenvalue weighted by Gasteiger charge is -2.11. The van der Waals surface area contributed by atoms with Crippen LogP contribution in [0.2, 0.25) is 0 Å². The standard InChI is InChI=1S/C14H18IN3S/c1-4-6-10-11(15)13(16-5-2)18-14(17-10)12-9(3)7-8-19-12/h7-8H,4-6H2,1-3H3,(H,16,17,18). The highest BCUT2D eigenvalue weighted by Gasteiger charge is 2.14. The van der Waals surface area contributed by atoms with Gasteiger partial charge in [0.25, 0.3) is 0 Å². The first kappa shape index (κ1) is 14.7. The predicted molar refractivity (Wildman–Crippen MR) is 91.0 cm³/mol. The fourth-order valence-electron chi connectivity index (χ4n) is 1.88. The Balaban J connectivity index is 2.52. The first-order chi connectivity index (χ1) is 9.17. The molecule has 0 atom stereocenters. The van der Waals surface area contributed by atoms with Crippen molar-refractivity contribution in [3.8, 4) is 10.7 Å². The SMILES string of the molecule is CCCc1nc(-c2sccc2C)nc(NCC)c1I. The summed E-state index contributed by atoms with van der Waals surface area (Å²) in [7, 11) is 0. The normalized spacial score (nSPS) is 10.7. The summed E-state index contributed by atoms with van der Waals surface area (Å²) in [5.74, 6) is 1.82. The van der Waals surface area contributed by atoms with Gasteiger partial charge in [-0.25, -0.2) is 9.97 Å². The quantitative estimate of drug-likeness (QED) is 0.768. The average molecular weight is 387 g/mol. The Labute approximate surface area is 132 Å². The zero-order valence-electron chi connectivity index (χ0n) is 11.5. The molecule has 2 heterocycles. The molecule has 0 saturated heterocycles. The Morgan fingerprint density at radius 2 is 2.11 bits per heavy atom. The fraction of sp³-hybridized carbons (Fsp3) is 0.429. The number of aryl methyl sites for hydroxylation is 2. The Kier molecular flexibility index (Phi) is 5.15. The number of nitrogens with zero attached hydrogens (tertiary/aromatic N) is 2. The molecule has 5 heteroatoms. The Hall–Kier alpha value is -0.690. The second-order valence-electron chi connectivity index (χ2n) is 4.37. The van der Waals surface area contributed by atoms with Crippen LogP contribution in [0, 0.1) is 10.5 Å². The van der Waals surface area contributed by atoms with Crippen LogP contribution in [-0.4, -0.2) is 16.5 Å². The van der Waals surface area contributed by atoms with Gasteiger partial charge in [0.2, 0.25) is 0 Å². The molecule has 2 aromatic heterocycles. The zero-order chi connectivity index (χ0) is 13.8. The van der Waals surface area contributed by atoms with E-state index in [9.17, 15) is 0 Å². The fourth-order valence-corrected chi connectivity index (χ4v) is 3.44. The van der Waals surface area contributed by atoms with Gasteiger partial charge in [-0.05, 0) is 59.9 Å². The third kappa shape index (κ3) is 3.25. The predicted octanol–water partition coefficient (Wildman–Crippen LogP) is 4.50. The van der Waals surface area contributed by atoms with E-state index in [4.69, 9.17) is 4.98 Å². The van der Waals surface area contributed by atoms with E-state index in [2.05, 4.69) is 65.1 Å². The molecule has 0 aromatic carbocycles. The van der Waals surface area contributed by atoms with Crippen molar-refractivity contribution in [3.63, 3.8) is 0 Å². The number of aromatic nitrogens is 2. The highest BCUT2D eigenvalue weighted by atomic mass is 127. The van der Waals surface area contributed by atoms with Crippen LogP contribution < -0.4 is 5.32 Å². The molecular formula is C14H18IN3S. The lowest BCUT2D eigenvalue weighted by molar-refractivity contribution is 0.867. The summed E-state index contributed by atoms with van der Waals surface area (Å²) in [6.45, 7) is 7.26. The van der Waals surface area contributed by atoms with E-state index in [1.807, 2.05) is 0 Å². The van der Waals surface area contributed by atoms with Gasteiger partial charge in [0, 0.05) is 6.54 Å². The first-order valence-electron chi connectivity index (χ1n) is 6.52. The molecule has 0 radical (unpaired) electrons. The summed E-state index contributed by atoms with van der Waals surface area (Å²) in [5.41, 5.74) is 2.40. The summed E-state index contributed by atoms with van der Waals surface area (Å²) in [5, 5.41) is 5.44. The Morgan fingerprint density at radius 3 is 2.68 bits per heavy atom.